The molecule has 3 aromatic heterocycles. The van der Waals surface area contributed by atoms with Gasteiger partial charge in [-0.2, -0.15) is 0 Å². The van der Waals surface area contributed by atoms with Crippen LogP contribution in [0.15, 0.2) is 40.5 Å². The van der Waals surface area contributed by atoms with Crippen molar-refractivity contribution in [3.63, 3.8) is 0 Å². The number of nitrogens with zero attached hydrogens (tertiary/aromatic N) is 3. The summed E-state index contributed by atoms with van der Waals surface area (Å²) in [5.41, 5.74) is 1.89. The lowest BCUT2D eigenvalue weighted by atomic mass is 9.97. The molecule has 0 aliphatic carbocycles. The topological polar surface area (TPSA) is 61.9 Å². The predicted molar refractivity (Wildman–Crippen MR) is 107 cm³/mol. The molecule has 1 aliphatic rings. The number of nitrogens with one attached hydrogen (secondary N) is 1. The van der Waals surface area contributed by atoms with Crippen LogP contribution in [0.3, 0.4) is 0 Å². The lowest BCUT2D eigenvalue weighted by Crippen LogP contribution is -2.33. The van der Waals surface area contributed by atoms with E-state index in [4.69, 9.17) is 4.98 Å². The second kappa shape index (κ2) is 6.57. The fraction of sp³-hybridized carbons (Fsp3) is 0.316. The van der Waals surface area contributed by atoms with E-state index in [0.29, 0.717) is 17.2 Å². The van der Waals surface area contributed by atoms with E-state index in [1.165, 1.54) is 21.0 Å². The van der Waals surface area contributed by atoms with Crippen LogP contribution >= 0.6 is 22.7 Å². The van der Waals surface area contributed by atoms with Crippen LogP contribution in [0.1, 0.15) is 29.6 Å². The van der Waals surface area contributed by atoms with E-state index < -0.39 is 0 Å². The number of hydrogen-bond donors (Lipinski definition) is 1. The van der Waals surface area contributed by atoms with Crippen LogP contribution in [0.2, 0.25) is 0 Å². The van der Waals surface area contributed by atoms with Crippen LogP contribution in [0.25, 0.3) is 20.4 Å². The van der Waals surface area contributed by atoms with Crippen molar-refractivity contribution in [3.8, 4) is 0 Å². The zero-order valence-electron chi connectivity index (χ0n) is 14.1. The van der Waals surface area contributed by atoms with Crippen LogP contribution in [-0.2, 0) is 6.54 Å². The molecule has 4 aromatic rings. The summed E-state index contributed by atoms with van der Waals surface area (Å²) in [5, 5.41) is 3.18. The van der Waals surface area contributed by atoms with Crippen molar-refractivity contribution < 1.29 is 0 Å². The predicted octanol–water partition coefficient (Wildman–Crippen LogP) is 3.97. The lowest BCUT2D eigenvalue weighted by Gasteiger charge is -2.30. The zero-order valence-corrected chi connectivity index (χ0v) is 15.8. The number of thiophene rings is 1. The largest absolute Gasteiger partial charge is 0.308 e. The number of para-hydroxylation sites is 1. The number of aromatic nitrogens is 3. The van der Waals surface area contributed by atoms with Gasteiger partial charge in [0.15, 0.2) is 0 Å². The average Bonchev–Trinajstić information content (AvgIpc) is 3.29. The molecule has 7 heteroatoms. The minimum Gasteiger partial charge on any atom is -0.308 e. The molecule has 0 bridgehead atoms. The Morgan fingerprint density at radius 1 is 1.12 bits per heavy atom. The molecule has 1 aliphatic heterocycles. The first kappa shape index (κ1) is 16.1. The van der Waals surface area contributed by atoms with E-state index in [2.05, 4.69) is 33.1 Å². The molecule has 1 fully saturated rings. The van der Waals surface area contributed by atoms with Gasteiger partial charge in [0.25, 0.3) is 5.56 Å². The molecule has 4 heterocycles. The van der Waals surface area contributed by atoms with Gasteiger partial charge < -0.3 is 4.98 Å². The maximum Gasteiger partial charge on any atom is 0.268 e. The lowest BCUT2D eigenvalue weighted by molar-refractivity contribution is 0.200. The van der Waals surface area contributed by atoms with Crippen molar-refractivity contribution in [2.75, 3.05) is 13.1 Å². The Kier molecular flexibility index (Phi) is 4.07. The smallest absolute Gasteiger partial charge is 0.268 e. The molecule has 5 nitrogen and oxygen atoms in total. The highest BCUT2D eigenvalue weighted by atomic mass is 32.1. The van der Waals surface area contributed by atoms with E-state index in [0.717, 1.165) is 42.8 Å². The molecule has 0 radical (unpaired) electrons. The number of fused-ring (bicyclic) bond motifs is 2. The normalized spacial score (nSPS) is 16.6. The number of benzene rings is 1. The van der Waals surface area contributed by atoms with Gasteiger partial charge in [-0.15, -0.1) is 22.7 Å². The average molecular weight is 383 g/mol. The maximum absolute atomic E-state index is 12.1. The van der Waals surface area contributed by atoms with E-state index in [1.807, 2.05) is 28.8 Å². The quantitative estimate of drug-likeness (QED) is 0.582. The number of aromatic amines is 1. The molecule has 1 saturated heterocycles. The number of likely N-dealkylation sites (tertiary alicyclic amines) is 1. The Bertz CT molecular complexity index is 1090. The van der Waals surface area contributed by atoms with Crippen molar-refractivity contribution in [3.05, 3.63) is 56.9 Å². The van der Waals surface area contributed by atoms with E-state index in [1.54, 1.807) is 0 Å². The highest BCUT2D eigenvalue weighted by Gasteiger charge is 2.24. The van der Waals surface area contributed by atoms with Gasteiger partial charge in [0.2, 0.25) is 0 Å². The SMILES string of the molecule is O=c1[nH]c(CN2CCC(c3nc4ccccc4s3)CC2)nc2ccsc12. The first-order valence-electron chi connectivity index (χ1n) is 8.80. The van der Waals surface area contributed by atoms with E-state index in [-0.39, 0.29) is 5.56 Å². The fourth-order valence-corrected chi connectivity index (χ4v) is 5.47. The summed E-state index contributed by atoms with van der Waals surface area (Å²) in [6.07, 6.45) is 2.20. The Balaban J connectivity index is 1.28. The molecular formula is C19H18N4OS2. The van der Waals surface area contributed by atoms with Gasteiger partial charge in [-0.25, -0.2) is 9.97 Å². The highest BCUT2D eigenvalue weighted by molar-refractivity contribution is 7.18. The summed E-state index contributed by atoms with van der Waals surface area (Å²) in [7, 11) is 0. The minimum atomic E-state index is -0.0237. The highest BCUT2D eigenvalue weighted by Crippen LogP contribution is 2.34. The van der Waals surface area contributed by atoms with Gasteiger partial charge >= 0.3 is 0 Å². The van der Waals surface area contributed by atoms with Gasteiger partial charge in [-0.3, -0.25) is 9.69 Å². The van der Waals surface area contributed by atoms with Gasteiger partial charge in [0.1, 0.15) is 10.5 Å². The third kappa shape index (κ3) is 2.96. The summed E-state index contributed by atoms with van der Waals surface area (Å²) in [5.74, 6) is 1.30. The van der Waals surface area contributed by atoms with Crippen LogP contribution in [-0.4, -0.2) is 32.9 Å². The molecule has 26 heavy (non-hydrogen) atoms. The Hall–Kier alpha value is -2.09. The van der Waals surface area contributed by atoms with Crippen molar-refractivity contribution in [2.45, 2.75) is 25.3 Å². The number of thiazole rings is 1. The van der Waals surface area contributed by atoms with E-state index in [9.17, 15) is 4.79 Å². The molecule has 1 N–H and O–H groups in total. The molecular weight excluding hydrogens is 364 g/mol. The van der Waals surface area contributed by atoms with Crippen LogP contribution < -0.4 is 5.56 Å². The fourth-order valence-electron chi connectivity index (χ4n) is 3.61. The zero-order chi connectivity index (χ0) is 17.5. The molecule has 0 atom stereocenters. The molecule has 0 unspecified atom stereocenters. The molecule has 0 spiro atoms. The third-order valence-electron chi connectivity index (χ3n) is 4.98. The summed E-state index contributed by atoms with van der Waals surface area (Å²) in [6, 6.07) is 10.3. The Morgan fingerprint density at radius 3 is 2.81 bits per heavy atom. The van der Waals surface area contributed by atoms with Gasteiger partial charge in [-0.05, 0) is 49.5 Å². The van der Waals surface area contributed by atoms with Crippen molar-refractivity contribution in [2.24, 2.45) is 0 Å². The minimum absolute atomic E-state index is 0.0237. The first-order valence-corrected chi connectivity index (χ1v) is 10.5. The second-order valence-electron chi connectivity index (χ2n) is 6.72. The van der Waals surface area contributed by atoms with Crippen molar-refractivity contribution in [1.29, 1.82) is 0 Å². The molecule has 1 aromatic carbocycles. The van der Waals surface area contributed by atoms with Crippen molar-refractivity contribution in [1.82, 2.24) is 19.9 Å². The van der Waals surface area contributed by atoms with Gasteiger partial charge in [0, 0.05) is 5.92 Å². The van der Waals surface area contributed by atoms with Gasteiger partial charge in [-0.1, -0.05) is 12.1 Å². The van der Waals surface area contributed by atoms with Gasteiger partial charge in [0.05, 0.1) is 27.3 Å². The molecule has 132 valence electrons. The first-order chi connectivity index (χ1) is 12.8. The number of H-pyrrole nitrogens is 1. The number of rotatable bonds is 3. The maximum atomic E-state index is 12.1. The summed E-state index contributed by atoms with van der Waals surface area (Å²) in [6.45, 7) is 2.71. The Labute approximate surface area is 158 Å². The summed E-state index contributed by atoms with van der Waals surface area (Å²) >= 11 is 3.27. The van der Waals surface area contributed by atoms with Crippen LogP contribution in [0.5, 0.6) is 0 Å². The standard InChI is InChI=1S/C19H18N4OS2/c24-18-17-14(7-10-25-17)20-16(22-18)11-23-8-5-12(6-9-23)19-21-13-3-1-2-4-15(13)26-19/h1-4,7,10,12H,5-6,8-9,11H2,(H,20,22,24). The van der Waals surface area contributed by atoms with Crippen molar-refractivity contribution >= 4 is 43.1 Å². The molecule has 0 saturated carbocycles. The third-order valence-corrected chi connectivity index (χ3v) is 7.09. The monoisotopic (exact) mass is 382 g/mol. The Morgan fingerprint density at radius 2 is 1.96 bits per heavy atom. The number of piperidine rings is 1. The second-order valence-corrected chi connectivity index (χ2v) is 8.70. The van der Waals surface area contributed by atoms with E-state index >= 15 is 0 Å². The van der Waals surface area contributed by atoms with Crippen LogP contribution in [0, 0.1) is 0 Å². The van der Waals surface area contributed by atoms with Crippen LogP contribution in [0.4, 0.5) is 0 Å². The molecule has 0 amide bonds. The number of hydrogen-bond acceptors (Lipinski definition) is 6. The summed E-state index contributed by atoms with van der Waals surface area (Å²) in [4.78, 5) is 26.9. The summed E-state index contributed by atoms with van der Waals surface area (Å²) < 4.78 is 1.99. The molecule has 5 rings (SSSR count).